The van der Waals surface area contributed by atoms with E-state index >= 15 is 0 Å². The third-order valence-electron chi connectivity index (χ3n) is 8.69. The summed E-state index contributed by atoms with van der Waals surface area (Å²) in [5.41, 5.74) is 5.81. The molecule has 1 saturated heterocycles. The van der Waals surface area contributed by atoms with Crippen LogP contribution < -0.4 is 21.6 Å². The molecule has 4 aliphatic rings. The number of ether oxygens (including phenoxy) is 2. The van der Waals surface area contributed by atoms with Crippen molar-refractivity contribution < 1.29 is 37.4 Å². The Morgan fingerprint density at radius 1 is 1.16 bits per heavy atom. The quantitative estimate of drug-likeness (QED) is 0.201. The molecule has 1 saturated carbocycles. The van der Waals surface area contributed by atoms with Gasteiger partial charge in [-0.25, -0.2) is 8.78 Å². The maximum absolute atomic E-state index is 13.8. The molecule has 1 aromatic carbocycles. The SMILES string of the molecule is Cc1c(C(=O)C(=O)NC2(C3=CN(COC(=O)C(C)(C)C)NN3)COC2)c2n(c1C(=O)Nc1ccc(F)c(F)c1)C1CC1(C)C2. The number of anilines is 1. The predicted octanol–water partition coefficient (Wildman–Crippen LogP) is 2.62. The highest BCUT2D eigenvalue weighted by molar-refractivity contribution is 6.44. The Bertz CT molecular complexity index is 1640. The van der Waals surface area contributed by atoms with Gasteiger partial charge in [-0.15, -0.1) is 5.53 Å². The van der Waals surface area contributed by atoms with E-state index in [2.05, 4.69) is 28.5 Å². The highest BCUT2D eigenvalue weighted by Crippen LogP contribution is 2.64. The van der Waals surface area contributed by atoms with Gasteiger partial charge in [-0.3, -0.25) is 24.2 Å². The van der Waals surface area contributed by atoms with E-state index in [1.807, 2.05) is 4.57 Å². The number of carbonyl (C=O) groups excluding carboxylic acids is 4. The van der Waals surface area contributed by atoms with Crippen molar-refractivity contribution in [2.45, 2.75) is 59.0 Å². The number of aromatic nitrogens is 1. The molecule has 4 heterocycles. The number of hydrogen-bond donors (Lipinski definition) is 4. The fourth-order valence-electron chi connectivity index (χ4n) is 5.99. The van der Waals surface area contributed by atoms with Crippen LogP contribution in [0, 0.1) is 29.4 Å². The Morgan fingerprint density at radius 3 is 2.52 bits per heavy atom. The minimum atomic E-state index is -1.10. The Morgan fingerprint density at radius 2 is 1.89 bits per heavy atom. The smallest absolute Gasteiger partial charge is 0.312 e. The molecule has 0 spiro atoms. The first-order chi connectivity index (χ1) is 20.6. The van der Waals surface area contributed by atoms with Crippen molar-refractivity contribution in [2.24, 2.45) is 10.8 Å². The van der Waals surface area contributed by atoms with Gasteiger partial charge in [-0.2, -0.15) is 0 Å². The molecule has 0 bridgehead atoms. The lowest BCUT2D eigenvalue weighted by Crippen LogP contribution is -2.66. The van der Waals surface area contributed by atoms with E-state index in [4.69, 9.17) is 9.47 Å². The molecule has 4 N–H and O–H groups in total. The zero-order chi connectivity index (χ0) is 31.8. The topological polar surface area (TPSA) is 143 Å². The highest BCUT2D eigenvalue weighted by Gasteiger charge is 2.59. The maximum atomic E-state index is 13.8. The van der Waals surface area contributed by atoms with Crippen LogP contribution in [0.1, 0.15) is 72.3 Å². The standard InChI is InChI=1S/C30H34F2N6O6/c1-15-22(19-9-29(5)10-21(29)38(19)23(15)25(40)33-16-6-7-17(31)18(32)8-16)24(39)26(41)34-30(12-43-13-30)20-11-37(36-35-20)14-44-27(42)28(2,3)4/h6-8,11,21,35-36H,9-10,12-14H2,1-5H3,(H,33,40)(H,34,41). The number of hydrogen-bond acceptors (Lipinski definition) is 9. The van der Waals surface area contributed by atoms with Crippen molar-refractivity contribution in [1.29, 1.82) is 0 Å². The molecule has 0 radical (unpaired) electrons. The van der Waals surface area contributed by atoms with Crippen LogP contribution >= 0.6 is 0 Å². The molecular weight excluding hydrogens is 578 g/mol. The van der Waals surface area contributed by atoms with Gasteiger partial charge in [-0.05, 0) is 63.6 Å². The number of ketones is 1. The van der Waals surface area contributed by atoms with E-state index in [0.29, 0.717) is 23.4 Å². The number of esters is 1. The second-order valence-corrected chi connectivity index (χ2v) is 13.2. The molecule has 1 aliphatic carbocycles. The van der Waals surface area contributed by atoms with Crippen molar-refractivity contribution in [3.63, 3.8) is 0 Å². The van der Waals surface area contributed by atoms with Gasteiger partial charge in [0.15, 0.2) is 18.4 Å². The van der Waals surface area contributed by atoms with Crippen LogP contribution in [0.2, 0.25) is 0 Å². The largest absolute Gasteiger partial charge is 0.442 e. The van der Waals surface area contributed by atoms with Crippen molar-refractivity contribution in [2.75, 3.05) is 25.3 Å². The van der Waals surface area contributed by atoms with Crippen LogP contribution in [-0.4, -0.2) is 58.6 Å². The van der Waals surface area contributed by atoms with E-state index in [0.717, 1.165) is 18.6 Å². The number of fused-ring (bicyclic) bond motifs is 3. The van der Waals surface area contributed by atoms with Crippen molar-refractivity contribution in [1.82, 2.24) is 25.9 Å². The van der Waals surface area contributed by atoms with Gasteiger partial charge in [0.25, 0.3) is 17.6 Å². The first-order valence-corrected chi connectivity index (χ1v) is 14.3. The zero-order valence-electron chi connectivity index (χ0n) is 25.0. The number of benzene rings is 1. The van der Waals surface area contributed by atoms with Gasteiger partial charge in [0, 0.05) is 29.7 Å². The van der Waals surface area contributed by atoms with E-state index in [1.54, 1.807) is 33.9 Å². The van der Waals surface area contributed by atoms with Crippen LogP contribution in [0.25, 0.3) is 0 Å². The van der Waals surface area contributed by atoms with Crippen LogP contribution in [0.5, 0.6) is 0 Å². The van der Waals surface area contributed by atoms with Gasteiger partial charge >= 0.3 is 5.97 Å². The summed E-state index contributed by atoms with van der Waals surface area (Å²) in [5.74, 6) is -4.79. The molecule has 2 aromatic rings. The third kappa shape index (κ3) is 4.91. The van der Waals surface area contributed by atoms with E-state index in [9.17, 15) is 28.0 Å². The summed E-state index contributed by atoms with van der Waals surface area (Å²) in [4.78, 5) is 52.9. The molecule has 2 amide bonds. The van der Waals surface area contributed by atoms with Gasteiger partial charge in [0.1, 0.15) is 11.2 Å². The van der Waals surface area contributed by atoms with Crippen LogP contribution in [-0.2, 0) is 25.5 Å². The van der Waals surface area contributed by atoms with Gasteiger partial charge in [0.05, 0.1) is 29.9 Å². The van der Waals surface area contributed by atoms with Crippen molar-refractivity contribution in [3.05, 3.63) is 64.2 Å². The summed E-state index contributed by atoms with van der Waals surface area (Å²) < 4.78 is 39.8. The number of Topliss-reactive ketones (excluding diaryl/α,β-unsaturated/α-hetero) is 1. The first-order valence-electron chi connectivity index (χ1n) is 14.3. The number of halogens is 2. The zero-order valence-corrected chi connectivity index (χ0v) is 25.0. The summed E-state index contributed by atoms with van der Waals surface area (Å²) in [5, 5.41) is 6.90. The molecule has 2 unspecified atom stereocenters. The van der Waals surface area contributed by atoms with Gasteiger partial charge in [-0.1, -0.05) is 6.92 Å². The highest BCUT2D eigenvalue weighted by atomic mass is 19.2. The van der Waals surface area contributed by atoms with Gasteiger partial charge in [0.2, 0.25) is 0 Å². The summed E-state index contributed by atoms with van der Waals surface area (Å²) in [6.45, 7) is 8.99. The molecule has 1 aromatic heterocycles. The van der Waals surface area contributed by atoms with Crippen LogP contribution in [0.4, 0.5) is 14.5 Å². The second kappa shape index (κ2) is 10.1. The lowest BCUT2D eigenvalue weighted by molar-refractivity contribution is -0.157. The minimum absolute atomic E-state index is 0.0184. The molecule has 2 fully saturated rings. The summed E-state index contributed by atoms with van der Waals surface area (Å²) in [7, 11) is 0. The van der Waals surface area contributed by atoms with Crippen LogP contribution in [0.3, 0.4) is 0 Å². The average Bonchev–Trinajstić information content (AvgIpc) is 3.19. The summed E-state index contributed by atoms with van der Waals surface area (Å²) >= 11 is 0. The summed E-state index contributed by atoms with van der Waals surface area (Å²) in [6.07, 6.45) is 2.95. The molecule has 44 heavy (non-hydrogen) atoms. The number of carbonyl (C=O) groups is 4. The number of rotatable bonds is 8. The fourth-order valence-corrected chi connectivity index (χ4v) is 5.99. The molecule has 3 aliphatic heterocycles. The molecular formula is C30H34F2N6O6. The summed E-state index contributed by atoms with van der Waals surface area (Å²) in [6, 6.07) is 3.03. The van der Waals surface area contributed by atoms with Gasteiger partial charge < -0.3 is 30.1 Å². The fraction of sp³-hybridized carbons (Fsp3) is 0.467. The van der Waals surface area contributed by atoms with Crippen LogP contribution in [0.15, 0.2) is 30.1 Å². The molecule has 12 nitrogen and oxygen atoms in total. The maximum Gasteiger partial charge on any atom is 0.312 e. The van der Waals surface area contributed by atoms with Crippen molar-refractivity contribution >= 4 is 29.3 Å². The number of amides is 2. The molecule has 234 valence electrons. The minimum Gasteiger partial charge on any atom is -0.442 e. The Kier molecular flexibility index (Phi) is 6.85. The third-order valence-corrected chi connectivity index (χ3v) is 8.69. The van der Waals surface area contributed by atoms with E-state index < -0.39 is 40.2 Å². The number of nitrogens with zero attached hydrogens (tertiary/aromatic N) is 2. The van der Waals surface area contributed by atoms with Crippen molar-refractivity contribution in [3.8, 4) is 0 Å². The monoisotopic (exact) mass is 612 g/mol. The number of nitrogens with one attached hydrogen (secondary N) is 4. The van der Waals surface area contributed by atoms with E-state index in [-0.39, 0.29) is 54.3 Å². The number of hydrazine groups is 2. The first kappa shape index (κ1) is 29.8. The molecule has 6 rings (SSSR count). The Labute approximate surface area is 252 Å². The average molecular weight is 613 g/mol. The predicted molar refractivity (Wildman–Crippen MR) is 152 cm³/mol. The molecule has 14 heteroatoms. The normalized spacial score (nSPS) is 22.7. The molecule has 2 atom stereocenters. The Hall–Kier alpha value is -4.30. The second-order valence-electron chi connectivity index (χ2n) is 13.2. The Balaban J connectivity index is 1.22. The van der Waals surface area contributed by atoms with E-state index in [1.165, 1.54) is 11.1 Å². The lowest BCUT2D eigenvalue weighted by Gasteiger charge is -2.42. The lowest BCUT2D eigenvalue weighted by atomic mass is 9.92.